The Labute approximate surface area is 635 Å². The molecule has 2 fully saturated rings. The van der Waals surface area contributed by atoms with Gasteiger partial charge in [0.2, 0.25) is 47.3 Å². The monoisotopic (exact) mass is 1470 g/mol. The van der Waals surface area contributed by atoms with Crippen LogP contribution in [0.2, 0.25) is 0 Å². The van der Waals surface area contributed by atoms with Crippen LogP contribution in [-0.4, -0.2) is 157 Å². The van der Waals surface area contributed by atoms with Gasteiger partial charge in [-0.15, -0.1) is 0 Å². The molecule has 18 nitrogen and oxygen atoms in total. The van der Waals surface area contributed by atoms with Gasteiger partial charge < -0.3 is 52.3 Å². The molecule has 8 N–H and O–H groups in total. The van der Waals surface area contributed by atoms with Crippen molar-refractivity contribution in [1.29, 1.82) is 0 Å². The second-order valence-electron chi connectivity index (χ2n) is 30.4. The van der Waals surface area contributed by atoms with Gasteiger partial charge in [0.15, 0.2) is 0 Å². The molecule has 2 aliphatic rings. The van der Waals surface area contributed by atoms with Crippen LogP contribution in [0.3, 0.4) is 0 Å². The molecular weight excluding hydrogens is 1370 g/mol. The van der Waals surface area contributed by atoms with Crippen LogP contribution >= 0.6 is 23.5 Å². The Balaban J connectivity index is 0.805. The number of nitrogens with one attached hydrogen (secondary N) is 8. The zero-order valence-corrected chi connectivity index (χ0v) is 64.8. The van der Waals surface area contributed by atoms with E-state index in [1.807, 2.05) is 211 Å². The Morgan fingerprint density at radius 3 is 1.03 bits per heavy atom. The number of likely N-dealkylation sites (N-methyl/N-ethyl adjacent to an activating group) is 2. The van der Waals surface area contributed by atoms with Gasteiger partial charge in [-0.05, 0) is 132 Å². The number of hydrogen-bond acceptors (Lipinski definition) is 12. The molecule has 562 valence electrons. The smallest absolute Gasteiger partial charge is 0.246 e. The maximum Gasteiger partial charge on any atom is 0.246 e. The standard InChI is InChI=1S/C86H108N10O8S2/c1-57(87-9)77(97)93-75(85(3,4)5)83(103)95-53-65(47-59-23-15-11-16-24-59)51-73(95)81(101)91-71(49-61-35-39-69(40-36-61)67-27-19-13-20-28-67)79(99)89-43-45-105-55-63-31-33-64(34-32-63)56-106-46-44-90-80(100)72(50-62-37-41-70(42-38-62)68-29-21-14-22-30-68)92-82(102)74-52-66(48-60-25-17-12-18-26-60)54-96(74)84(104)76(86(6,7)8)94-78(98)58(2)88-10/h11-42,57-58,65-66,71-76,87-88H,43-56H2,1-10H3,(H,89,99)(H,90,100)(H,91,101)(H,92,102)(H,93,97)(H,94,98)/t57-,58-,65+,66+,71-,72-,73-,74-,75+,76+/m0/s1. The number of thioether (sulfide) groups is 2. The van der Waals surface area contributed by atoms with Crippen LogP contribution in [0.25, 0.3) is 22.3 Å². The Morgan fingerprint density at radius 2 is 0.708 bits per heavy atom. The first-order valence-corrected chi connectivity index (χ1v) is 39.5. The predicted octanol–water partition coefficient (Wildman–Crippen LogP) is 10.4. The molecule has 8 amide bonds. The van der Waals surface area contributed by atoms with Crippen LogP contribution in [0.4, 0.5) is 0 Å². The molecule has 0 saturated carbocycles. The van der Waals surface area contributed by atoms with Crippen molar-refractivity contribution in [3.8, 4) is 22.3 Å². The third kappa shape index (κ3) is 23.5. The Morgan fingerprint density at radius 1 is 0.396 bits per heavy atom. The summed E-state index contributed by atoms with van der Waals surface area (Å²) in [5.74, 6) is -0.344. The second-order valence-corrected chi connectivity index (χ2v) is 32.6. The lowest BCUT2D eigenvalue weighted by Crippen LogP contribution is -2.60. The van der Waals surface area contributed by atoms with E-state index < -0.39 is 71.0 Å². The Hall–Kier alpha value is -9.08. The molecular formula is C86H108N10O8S2. The van der Waals surface area contributed by atoms with E-state index in [-0.39, 0.29) is 60.1 Å². The lowest BCUT2D eigenvalue weighted by Gasteiger charge is -2.36. The highest BCUT2D eigenvalue weighted by molar-refractivity contribution is 7.98. The topological polar surface area (TPSA) is 239 Å². The fourth-order valence-corrected chi connectivity index (χ4v) is 15.3. The van der Waals surface area contributed by atoms with Gasteiger partial charge >= 0.3 is 0 Å². The molecule has 2 saturated heterocycles. The quantitative estimate of drug-likeness (QED) is 0.0176. The number of likely N-dealkylation sites (tertiary alicyclic amines) is 2. The molecule has 20 heteroatoms. The van der Waals surface area contributed by atoms with Crippen LogP contribution in [0.15, 0.2) is 194 Å². The van der Waals surface area contributed by atoms with Gasteiger partial charge in [-0.1, -0.05) is 236 Å². The SMILES string of the molecule is CN[C@@H](C)C(=O)N[C@H](C(=O)N1C[C@H](Cc2ccccc2)C[C@H]1C(=O)N[C@@H](Cc1ccc(-c2ccccc2)cc1)C(=O)NCCSCc1ccc(CSCCNC(=O)[C@H](Cc2ccc(-c3ccccc3)cc2)NC(=O)[C@@H]2C[C@@H](Cc3ccccc3)CN2C(=O)[C@@H](NC(=O)[C@H](C)NC)C(C)(C)C)cc1)C(C)(C)C. The van der Waals surface area contributed by atoms with Crippen molar-refractivity contribution >= 4 is 70.8 Å². The average molecular weight is 1470 g/mol. The minimum Gasteiger partial charge on any atom is -0.353 e. The van der Waals surface area contributed by atoms with Crippen molar-refractivity contribution in [2.45, 2.75) is 154 Å². The number of rotatable bonds is 34. The average Bonchev–Trinajstić information content (AvgIpc) is 1.68. The van der Waals surface area contributed by atoms with Gasteiger partial charge in [0, 0.05) is 62.0 Å². The summed E-state index contributed by atoms with van der Waals surface area (Å²) < 4.78 is 0. The highest BCUT2D eigenvalue weighted by Gasteiger charge is 2.48. The Kier molecular flexibility index (Phi) is 29.8. The predicted molar refractivity (Wildman–Crippen MR) is 427 cm³/mol. The number of carbonyl (C=O) groups excluding carboxylic acids is 8. The van der Waals surface area contributed by atoms with E-state index >= 15 is 0 Å². The molecule has 7 aromatic carbocycles. The van der Waals surface area contributed by atoms with Crippen molar-refractivity contribution in [3.63, 3.8) is 0 Å². The molecule has 10 atom stereocenters. The minimum absolute atomic E-state index is 0.0557. The van der Waals surface area contributed by atoms with E-state index in [2.05, 4.69) is 66.8 Å². The lowest BCUT2D eigenvalue weighted by atomic mass is 9.85. The van der Waals surface area contributed by atoms with E-state index in [0.717, 1.165) is 55.6 Å². The molecule has 0 spiro atoms. The molecule has 0 bridgehead atoms. The molecule has 9 rings (SSSR count). The largest absolute Gasteiger partial charge is 0.353 e. The van der Waals surface area contributed by atoms with Crippen LogP contribution in [0, 0.1) is 22.7 Å². The number of benzene rings is 7. The summed E-state index contributed by atoms with van der Waals surface area (Å²) in [6, 6.07) is 57.8. The van der Waals surface area contributed by atoms with Crippen LogP contribution in [-0.2, 0) is 75.5 Å². The summed E-state index contributed by atoms with van der Waals surface area (Å²) in [6.07, 6.45) is 2.48. The van der Waals surface area contributed by atoms with E-state index in [0.29, 0.717) is 74.9 Å². The number of hydrogen-bond donors (Lipinski definition) is 8. The van der Waals surface area contributed by atoms with Gasteiger partial charge in [0.25, 0.3) is 0 Å². The lowest BCUT2D eigenvalue weighted by molar-refractivity contribution is -0.144. The minimum atomic E-state index is -0.962. The van der Waals surface area contributed by atoms with E-state index in [1.54, 1.807) is 61.3 Å². The molecule has 0 aliphatic carbocycles. The number of nitrogens with zero attached hydrogens (tertiary/aromatic N) is 2. The van der Waals surface area contributed by atoms with Gasteiger partial charge in [-0.3, -0.25) is 38.4 Å². The maximum absolute atomic E-state index is 14.9. The summed E-state index contributed by atoms with van der Waals surface area (Å²) in [7, 11) is 3.37. The first kappa shape index (κ1) is 81.0. The van der Waals surface area contributed by atoms with Crippen molar-refractivity contribution in [2.24, 2.45) is 22.7 Å². The van der Waals surface area contributed by atoms with Crippen molar-refractivity contribution in [2.75, 3.05) is 51.8 Å². The third-order valence-corrected chi connectivity index (χ3v) is 22.1. The highest BCUT2D eigenvalue weighted by Crippen LogP contribution is 2.34. The zero-order chi connectivity index (χ0) is 75.9. The van der Waals surface area contributed by atoms with Crippen molar-refractivity contribution in [1.82, 2.24) is 52.3 Å². The van der Waals surface area contributed by atoms with E-state index in [9.17, 15) is 38.4 Å². The zero-order valence-electron chi connectivity index (χ0n) is 63.1. The number of amides is 8. The summed E-state index contributed by atoms with van der Waals surface area (Å²) in [4.78, 5) is 118. The van der Waals surface area contributed by atoms with Gasteiger partial charge in [-0.2, -0.15) is 23.5 Å². The highest BCUT2D eigenvalue weighted by atomic mass is 32.2. The molecule has 2 aliphatic heterocycles. The first-order valence-electron chi connectivity index (χ1n) is 37.2. The van der Waals surface area contributed by atoms with Crippen LogP contribution < -0.4 is 42.5 Å². The summed E-state index contributed by atoms with van der Waals surface area (Å²) >= 11 is 3.36. The van der Waals surface area contributed by atoms with Crippen molar-refractivity contribution in [3.05, 3.63) is 228 Å². The van der Waals surface area contributed by atoms with Gasteiger partial charge in [0.05, 0.1) is 12.1 Å². The fourth-order valence-electron chi connectivity index (χ4n) is 13.7. The van der Waals surface area contributed by atoms with Crippen LogP contribution in [0.5, 0.6) is 0 Å². The third-order valence-electron chi connectivity index (χ3n) is 20.1. The van der Waals surface area contributed by atoms with Crippen molar-refractivity contribution < 1.29 is 38.4 Å². The molecule has 2 heterocycles. The molecule has 106 heavy (non-hydrogen) atoms. The number of carbonyl (C=O) groups is 8. The van der Waals surface area contributed by atoms with Gasteiger partial charge in [-0.25, -0.2) is 0 Å². The van der Waals surface area contributed by atoms with Crippen LogP contribution in [0.1, 0.15) is 102 Å². The fraction of sp³-hybridized carbons (Fsp3) is 0.419. The molecule has 0 aromatic heterocycles. The molecule has 0 radical (unpaired) electrons. The van der Waals surface area contributed by atoms with Gasteiger partial charge in [0.1, 0.15) is 36.3 Å². The van der Waals surface area contributed by atoms with E-state index in [4.69, 9.17) is 0 Å². The molecule has 0 unspecified atom stereocenters. The van der Waals surface area contributed by atoms with E-state index in [1.165, 1.54) is 0 Å². The summed E-state index contributed by atoms with van der Waals surface area (Å²) in [5, 5.41) is 24.4. The summed E-state index contributed by atoms with van der Waals surface area (Å²) in [5.41, 5.74) is 8.91. The first-order chi connectivity index (χ1) is 50.8. The maximum atomic E-state index is 14.9. The second kappa shape index (κ2) is 39.0. The summed E-state index contributed by atoms with van der Waals surface area (Å²) in [6.45, 7) is 16.2. The molecule has 7 aromatic rings. The normalized spacial score (nSPS) is 17.6. The Bertz CT molecular complexity index is 3750.